The van der Waals surface area contributed by atoms with Gasteiger partial charge in [0.05, 0.1) is 20.0 Å². The third-order valence-corrected chi connectivity index (χ3v) is 4.13. The van der Waals surface area contributed by atoms with E-state index in [2.05, 4.69) is 5.32 Å². The topological polar surface area (TPSA) is 81.7 Å². The monoisotopic (exact) mass is 329 g/mol. The van der Waals surface area contributed by atoms with Gasteiger partial charge in [0.1, 0.15) is 9.84 Å². The van der Waals surface area contributed by atoms with E-state index in [1.807, 2.05) is 18.2 Å². The van der Waals surface area contributed by atoms with Gasteiger partial charge in [0, 0.05) is 19.2 Å². The summed E-state index contributed by atoms with van der Waals surface area (Å²) in [5.74, 6) is 1.22. The lowest BCUT2D eigenvalue weighted by Gasteiger charge is -2.10. The number of methoxy groups -OCH3 is 2. The van der Waals surface area contributed by atoms with Gasteiger partial charge in [0.2, 0.25) is 5.91 Å². The Balaban J connectivity index is 2.36. The van der Waals surface area contributed by atoms with Gasteiger partial charge in [-0.3, -0.25) is 4.79 Å². The van der Waals surface area contributed by atoms with Crippen molar-refractivity contribution < 1.29 is 22.7 Å². The molecule has 0 saturated carbocycles. The fourth-order valence-corrected chi connectivity index (χ4v) is 2.63. The van der Waals surface area contributed by atoms with Gasteiger partial charge in [-0.15, -0.1) is 0 Å². The van der Waals surface area contributed by atoms with Crippen LogP contribution >= 0.6 is 0 Å². The van der Waals surface area contributed by atoms with Crippen molar-refractivity contribution in [3.05, 3.63) is 23.8 Å². The number of sulfone groups is 1. The standard InChI is InChI=1S/C15H23NO5S/c1-20-13-7-6-12(11-14(13)21-2)8-9-16-15(17)5-4-10-22(3,18)19/h6-7,11H,4-5,8-10H2,1-3H3,(H,16,17). The van der Waals surface area contributed by atoms with Crippen LogP contribution in [0, 0.1) is 0 Å². The molecule has 0 spiro atoms. The minimum absolute atomic E-state index is 0.0378. The fourth-order valence-electron chi connectivity index (χ4n) is 1.97. The summed E-state index contributed by atoms with van der Waals surface area (Å²) < 4.78 is 32.3. The van der Waals surface area contributed by atoms with E-state index in [-0.39, 0.29) is 18.1 Å². The molecule has 7 heteroatoms. The van der Waals surface area contributed by atoms with Crippen molar-refractivity contribution in [2.75, 3.05) is 32.8 Å². The van der Waals surface area contributed by atoms with Gasteiger partial charge in [-0.05, 0) is 30.5 Å². The summed E-state index contributed by atoms with van der Waals surface area (Å²) in [6, 6.07) is 5.61. The molecule has 0 aliphatic rings. The molecule has 0 unspecified atom stereocenters. The lowest BCUT2D eigenvalue weighted by molar-refractivity contribution is -0.121. The Kier molecular flexibility index (Phi) is 7.17. The SMILES string of the molecule is COc1ccc(CCNC(=O)CCCS(C)(=O)=O)cc1OC. The Bertz CT molecular complexity index is 598. The molecule has 0 saturated heterocycles. The molecule has 0 bridgehead atoms. The summed E-state index contributed by atoms with van der Waals surface area (Å²) in [5.41, 5.74) is 1.02. The van der Waals surface area contributed by atoms with Crippen molar-refractivity contribution in [2.24, 2.45) is 0 Å². The second kappa shape index (κ2) is 8.63. The summed E-state index contributed by atoms with van der Waals surface area (Å²) in [6.45, 7) is 0.493. The van der Waals surface area contributed by atoms with Gasteiger partial charge in [-0.25, -0.2) is 8.42 Å². The van der Waals surface area contributed by atoms with E-state index in [9.17, 15) is 13.2 Å². The lowest BCUT2D eigenvalue weighted by atomic mass is 10.1. The quantitative estimate of drug-likeness (QED) is 0.736. The van der Waals surface area contributed by atoms with Gasteiger partial charge >= 0.3 is 0 Å². The second-order valence-electron chi connectivity index (χ2n) is 5.02. The first-order chi connectivity index (χ1) is 10.4. The van der Waals surface area contributed by atoms with E-state index in [0.29, 0.717) is 30.9 Å². The normalized spacial score (nSPS) is 11.0. The summed E-state index contributed by atoms with van der Waals surface area (Å²) >= 11 is 0. The molecule has 0 atom stereocenters. The highest BCUT2D eigenvalue weighted by Gasteiger charge is 2.07. The first-order valence-electron chi connectivity index (χ1n) is 7.01. The van der Waals surface area contributed by atoms with Crippen LogP contribution < -0.4 is 14.8 Å². The summed E-state index contributed by atoms with van der Waals surface area (Å²) in [6.07, 6.45) is 2.40. The number of hydrogen-bond acceptors (Lipinski definition) is 5. The van der Waals surface area contributed by atoms with Crippen molar-refractivity contribution in [1.29, 1.82) is 0 Å². The molecule has 0 aromatic heterocycles. The predicted molar refractivity (Wildman–Crippen MR) is 85.2 cm³/mol. The summed E-state index contributed by atoms with van der Waals surface area (Å²) in [7, 11) is 0.149. The van der Waals surface area contributed by atoms with Gasteiger partial charge in [0.15, 0.2) is 11.5 Å². The lowest BCUT2D eigenvalue weighted by Crippen LogP contribution is -2.25. The maximum absolute atomic E-state index is 11.6. The molecular weight excluding hydrogens is 306 g/mol. The van der Waals surface area contributed by atoms with Crippen LogP contribution in [0.4, 0.5) is 0 Å². The van der Waals surface area contributed by atoms with Gasteiger partial charge in [-0.2, -0.15) is 0 Å². The van der Waals surface area contributed by atoms with Crippen molar-refractivity contribution in [3.8, 4) is 11.5 Å². The molecule has 0 fully saturated rings. The predicted octanol–water partition coefficient (Wildman–Crippen LogP) is 1.19. The number of rotatable bonds is 9. The summed E-state index contributed by atoms with van der Waals surface area (Å²) in [5, 5.41) is 2.78. The van der Waals surface area contributed by atoms with Crippen LogP contribution in [0.2, 0.25) is 0 Å². The number of carbonyl (C=O) groups excluding carboxylic acids is 1. The Hall–Kier alpha value is -1.76. The average molecular weight is 329 g/mol. The molecule has 1 aromatic carbocycles. The van der Waals surface area contributed by atoms with Crippen LogP contribution in [-0.2, 0) is 21.1 Å². The first kappa shape index (κ1) is 18.3. The first-order valence-corrected chi connectivity index (χ1v) is 9.07. The van der Waals surface area contributed by atoms with Gasteiger partial charge < -0.3 is 14.8 Å². The van der Waals surface area contributed by atoms with Crippen LogP contribution in [0.3, 0.4) is 0 Å². The average Bonchev–Trinajstić information content (AvgIpc) is 2.45. The molecular formula is C15H23NO5S. The minimum Gasteiger partial charge on any atom is -0.493 e. The Morgan fingerprint density at radius 2 is 1.86 bits per heavy atom. The molecule has 0 aliphatic carbocycles. The van der Waals surface area contributed by atoms with Crippen molar-refractivity contribution in [1.82, 2.24) is 5.32 Å². The molecule has 1 rings (SSSR count). The fraction of sp³-hybridized carbons (Fsp3) is 0.533. The molecule has 6 nitrogen and oxygen atoms in total. The van der Waals surface area contributed by atoms with Crippen LogP contribution in [0.1, 0.15) is 18.4 Å². The molecule has 22 heavy (non-hydrogen) atoms. The molecule has 124 valence electrons. The highest BCUT2D eigenvalue weighted by molar-refractivity contribution is 7.90. The molecule has 1 aromatic rings. The van der Waals surface area contributed by atoms with E-state index < -0.39 is 9.84 Å². The van der Waals surface area contributed by atoms with E-state index in [4.69, 9.17) is 9.47 Å². The van der Waals surface area contributed by atoms with Gasteiger partial charge in [0.25, 0.3) is 0 Å². The van der Waals surface area contributed by atoms with Crippen LogP contribution in [0.25, 0.3) is 0 Å². The zero-order chi connectivity index (χ0) is 16.6. The molecule has 0 heterocycles. The number of nitrogens with one attached hydrogen (secondary N) is 1. The number of ether oxygens (including phenoxy) is 2. The van der Waals surface area contributed by atoms with E-state index in [0.717, 1.165) is 5.56 Å². The summed E-state index contributed by atoms with van der Waals surface area (Å²) in [4.78, 5) is 11.6. The Morgan fingerprint density at radius 1 is 1.18 bits per heavy atom. The maximum Gasteiger partial charge on any atom is 0.220 e. The zero-order valence-electron chi connectivity index (χ0n) is 13.2. The van der Waals surface area contributed by atoms with E-state index >= 15 is 0 Å². The smallest absolute Gasteiger partial charge is 0.220 e. The number of carbonyl (C=O) groups is 1. The number of amides is 1. The van der Waals surface area contributed by atoms with E-state index in [1.165, 1.54) is 6.26 Å². The van der Waals surface area contributed by atoms with Crippen LogP contribution in [-0.4, -0.2) is 47.1 Å². The van der Waals surface area contributed by atoms with Crippen molar-refractivity contribution in [3.63, 3.8) is 0 Å². The van der Waals surface area contributed by atoms with Gasteiger partial charge in [-0.1, -0.05) is 6.07 Å². The van der Waals surface area contributed by atoms with Crippen LogP contribution in [0.15, 0.2) is 18.2 Å². The number of hydrogen-bond donors (Lipinski definition) is 1. The van der Waals surface area contributed by atoms with Crippen molar-refractivity contribution in [2.45, 2.75) is 19.3 Å². The highest BCUT2D eigenvalue weighted by atomic mass is 32.2. The molecule has 1 amide bonds. The molecule has 0 aliphatic heterocycles. The third-order valence-electron chi connectivity index (χ3n) is 3.10. The minimum atomic E-state index is -3.00. The third kappa shape index (κ3) is 6.80. The van der Waals surface area contributed by atoms with Crippen LogP contribution in [0.5, 0.6) is 11.5 Å². The van der Waals surface area contributed by atoms with Crippen molar-refractivity contribution >= 4 is 15.7 Å². The molecule has 1 N–H and O–H groups in total. The Morgan fingerprint density at radius 3 is 2.45 bits per heavy atom. The second-order valence-corrected chi connectivity index (χ2v) is 7.28. The highest BCUT2D eigenvalue weighted by Crippen LogP contribution is 2.27. The maximum atomic E-state index is 11.6. The zero-order valence-corrected chi connectivity index (χ0v) is 14.0. The van der Waals surface area contributed by atoms with E-state index in [1.54, 1.807) is 14.2 Å². The largest absolute Gasteiger partial charge is 0.493 e. The number of benzene rings is 1. The Labute approximate surface area is 131 Å². The molecule has 0 radical (unpaired) electrons.